The third-order valence-corrected chi connectivity index (χ3v) is 4.50. The highest BCUT2D eigenvalue weighted by atomic mass is 16.6. The maximum Gasteiger partial charge on any atom is 0.335 e. The summed E-state index contributed by atoms with van der Waals surface area (Å²) in [6.07, 6.45) is 5.74. The first kappa shape index (κ1) is 20.3. The first-order valence-electron chi connectivity index (χ1n) is 9.32. The molecular formula is C22H23N3O4. The Morgan fingerprint density at radius 1 is 1.21 bits per heavy atom. The topological polar surface area (TPSA) is 75.9 Å². The maximum atomic E-state index is 12.4. The number of esters is 1. The molecule has 0 saturated carbocycles. The number of hydrogen-bond donors (Lipinski definition) is 0. The van der Waals surface area contributed by atoms with E-state index < -0.39 is 4.92 Å². The van der Waals surface area contributed by atoms with Crippen molar-refractivity contribution in [2.75, 3.05) is 25.1 Å². The monoisotopic (exact) mass is 393 g/mol. The Bertz CT molecular complexity index is 925. The van der Waals surface area contributed by atoms with Crippen LogP contribution in [0.3, 0.4) is 0 Å². The Morgan fingerprint density at radius 2 is 2.00 bits per heavy atom. The second kappa shape index (κ2) is 9.66. The third kappa shape index (κ3) is 5.76. The zero-order valence-electron chi connectivity index (χ0n) is 16.2. The van der Waals surface area contributed by atoms with Gasteiger partial charge >= 0.3 is 5.97 Å². The Kier molecular flexibility index (Phi) is 6.76. The van der Waals surface area contributed by atoms with Gasteiger partial charge in [-0.05, 0) is 18.7 Å². The smallest absolute Gasteiger partial charge is 0.335 e. The van der Waals surface area contributed by atoms with Crippen LogP contribution in [0.25, 0.3) is 0 Å². The quantitative estimate of drug-likeness (QED) is 0.385. The Balaban J connectivity index is 1.54. The molecule has 0 spiro atoms. The van der Waals surface area contributed by atoms with Crippen molar-refractivity contribution in [1.29, 1.82) is 0 Å². The van der Waals surface area contributed by atoms with Crippen LogP contribution in [0.1, 0.15) is 12.0 Å². The molecule has 29 heavy (non-hydrogen) atoms. The van der Waals surface area contributed by atoms with Crippen LogP contribution in [0.5, 0.6) is 0 Å². The number of carbonyl (C=O) groups excluding carboxylic acids is 1. The summed E-state index contributed by atoms with van der Waals surface area (Å²) < 4.78 is 5.42. The van der Waals surface area contributed by atoms with E-state index >= 15 is 0 Å². The van der Waals surface area contributed by atoms with Crippen molar-refractivity contribution in [3.8, 4) is 0 Å². The highest BCUT2D eigenvalue weighted by Gasteiger charge is 2.17. The molecule has 0 radical (unpaired) electrons. The van der Waals surface area contributed by atoms with E-state index in [1.54, 1.807) is 29.4 Å². The van der Waals surface area contributed by atoms with E-state index in [0.29, 0.717) is 30.8 Å². The van der Waals surface area contributed by atoms with Gasteiger partial charge in [-0.2, -0.15) is 0 Å². The standard InChI is InChI=1S/C22H23N3O4/c1-23(16-18-7-3-2-4-8-18)13-14-29-22(26)19-9-6-12-24(17-19)20-10-5-11-21(15-20)25(27)28/h2-8,10-12,15,17H,9,13-14,16H2,1H3. The van der Waals surface area contributed by atoms with Gasteiger partial charge in [0.1, 0.15) is 6.61 Å². The predicted molar refractivity (Wildman–Crippen MR) is 111 cm³/mol. The predicted octanol–water partition coefficient (Wildman–Crippen LogP) is 3.88. The lowest BCUT2D eigenvalue weighted by molar-refractivity contribution is -0.384. The molecular weight excluding hydrogens is 370 g/mol. The minimum atomic E-state index is -0.442. The summed E-state index contributed by atoms with van der Waals surface area (Å²) >= 11 is 0. The largest absolute Gasteiger partial charge is 0.461 e. The third-order valence-electron chi connectivity index (χ3n) is 4.50. The summed E-state index contributed by atoms with van der Waals surface area (Å²) in [7, 11) is 1.98. The van der Waals surface area contributed by atoms with Crippen molar-refractivity contribution >= 4 is 17.3 Å². The van der Waals surface area contributed by atoms with Gasteiger partial charge in [-0.15, -0.1) is 0 Å². The van der Waals surface area contributed by atoms with Gasteiger partial charge in [0.15, 0.2) is 0 Å². The van der Waals surface area contributed by atoms with Crippen molar-refractivity contribution in [1.82, 2.24) is 4.90 Å². The fraction of sp³-hybridized carbons (Fsp3) is 0.227. The molecule has 2 aromatic rings. The Hall–Kier alpha value is -3.45. The van der Waals surface area contributed by atoms with Crippen molar-refractivity contribution in [2.45, 2.75) is 13.0 Å². The lowest BCUT2D eigenvalue weighted by atomic mass is 10.1. The molecule has 1 heterocycles. The molecule has 0 unspecified atom stereocenters. The molecule has 0 amide bonds. The number of benzene rings is 2. The number of ether oxygens (including phenoxy) is 1. The first-order chi connectivity index (χ1) is 14.0. The molecule has 0 fully saturated rings. The highest BCUT2D eigenvalue weighted by Crippen LogP contribution is 2.25. The van der Waals surface area contributed by atoms with Crippen LogP contribution in [-0.2, 0) is 16.1 Å². The van der Waals surface area contributed by atoms with Gasteiger partial charge in [0.2, 0.25) is 0 Å². The number of carbonyl (C=O) groups is 1. The number of anilines is 1. The Labute approximate surface area is 169 Å². The first-order valence-corrected chi connectivity index (χ1v) is 9.32. The fourth-order valence-electron chi connectivity index (χ4n) is 2.98. The van der Waals surface area contributed by atoms with E-state index in [9.17, 15) is 14.9 Å². The van der Waals surface area contributed by atoms with Crippen molar-refractivity contribution < 1.29 is 14.5 Å². The molecule has 0 atom stereocenters. The number of nitro groups is 1. The molecule has 0 N–H and O–H groups in total. The number of nitrogens with zero attached hydrogens (tertiary/aromatic N) is 3. The van der Waals surface area contributed by atoms with Gasteiger partial charge in [-0.25, -0.2) is 4.79 Å². The summed E-state index contributed by atoms with van der Waals surface area (Å²) in [6, 6.07) is 16.4. The van der Waals surface area contributed by atoms with Gasteiger partial charge < -0.3 is 9.64 Å². The van der Waals surface area contributed by atoms with Gasteiger partial charge in [-0.1, -0.05) is 42.5 Å². The van der Waals surface area contributed by atoms with Crippen molar-refractivity contribution in [3.05, 3.63) is 94.3 Å². The van der Waals surface area contributed by atoms with Crippen LogP contribution in [0.2, 0.25) is 0 Å². The molecule has 7 nitrogen and oxygen atoms in total. The summed E-state index contributed by atoms with van der Waals surface area (Å²) in [4.78, 5) is 26.7. The maximum absolute atomic E-state index is 12.4. The molecule has 0 saturated heterocycles. The van der Waals surface area contributed by atoms with Crippen LogP contribution in [0.4, 0.5) is 11.4 Å². The van der Waals surface area contributed by atoms with Crippen molar-refractivity contribution in [2.24, 2.45) is 0 Å². The average molecular weight is 393 g/mol. The zero-order valence-corrected chi connectivity index (χ0v) is 16.2. The number of allylic oxidation sites excluding steroid dienone is 1. The van der Waals surface area contributed by atoms with Gasteiger partial charge in [0.05, 0.1) is 16.2 Å². The Morgan fingerprint density at radius 3 is 2.76 bits per heavy atom. The van der Waals surface area contributed by atoms with E-state index in [1.165, 1.54) is 17.7 Å². The minimum Gasteiger partial charge on any atom is -0.461 e. The summed E-state index contributed by atoms with van der Waals surface area (Å²) in [6.45, 7) is 1.70. The number of likely N-dealkylation sites (N-methyl/N-ethyl adjacent to an activating group) is 1. The van der Waals surface area contributed by atoms with Gasteiger partial charge in [0, 0.05) is 44.0 Å². The lowest BCUT2D eigenvalue weighted by Crippen LogP contribution is -2.25. The molecule has 0 bridgehead atoms. The van der Waals surface area contributed by atoms with E-state index in [2.05, 4.69) is 17.0 Å². The van der Waals surface area contributed by atoms with Crippen molar-refractivity contribution in [3.63, 3.8) is 0 Å². The fourth-order valence-corrected chi connectivity index (χ4v) is 2.98. The van der Waals surface area contributed by atoms with E-state index in [0.717, 1.165) is 6.54 Å². The lowest BCUT2D eigenvalue weighted by Gasteiger charge is -2.21. The zero-order chi connectivity index (χ0) is 20.6. The number of rotatable bonds is 8. The second-order valence-electron chi connectivity index (χ2n) is 6.79. The van der Waals surface area contributed by atoms with Crippen LogP contribution in [0, 0.1) is 10.1 Å². The van der Waals surface area contributed by atoms with E-state index in [4.69, 9.17) is 4.74 Å². The number of non-ortho nitro benzene ring substituents is 1. The van der Waals surface area contributed by atoms with E-state index in [-0.39, 0.29) is 11.7 Å². The summed E-state index contributed by atoms with van der Waals surface area (Å²) in [5.74, 6) is -0.377. The molecule has 1 aliphatic rings. The van der Waals surface area contributed by atoms with Crippen LogP contribution < -0.4 is 4.90 Å². The van der Waals surface area contributed by atoms with Crippen LogP contribution >= 0.6 is 0 Å². The summed E-state index contributed by atoms with van der Waals surface area (Å²) in [5.41, 5.74) is 2.32. The minimum absolute atomic E-state index is 0.000420. The number of nitro benzene ring substituents is 1. The molecule has 0 aromatic heterocycles. The second-order valence-corrected chi connectivity index (χ2v) is 6.79. The highest BCUT2D eigenvalue weighted by molar-refractivity contribution is 5.90. The van der Waals surface area contributed by atoms with Gasteiger partial charge in [-0.3, -0.25) is 15.0 Å². The molecule has 3 rings (SSSR count). The SMILES string of the molecule is CN(CCOC(=O)C1=CN(c2cccc([N+](=O)[O-])c2)C=CC1)Cc1ccccc1. The van der Waals surface area contributed by atoms with Gasteiger partial charge in [0.25, 0.3) is 5.69 Å². The molecule has 7 heteroatoms. The van der Waals surface area contributed by atoms with Crippen LogP contribution in [0.15, 0.2) is 78.6 Å². The molecule has 1 aliphatic heterocycles. The number of hydrogen-bond acceptors (Lipinski definition) is 6. The molecule has 2 aromatic carbocycles. The molecule has 0 aliphatic carbocycles. The van der Waals surface area contributed by atoms with Crippen LogP contribution in [-0.4, -0.2) is 36.0 Å². The normalized spacial score (nSPS) is 13.3. The van der Waals surface area contributed by atoms with E-state index in [1.807, 2.05) is 31.3 Å². The summed E-state index contributed by atoms with van der Waals surface area (Å²) in [5, 5.41) is 11.0. The average Bonchev–Trinajstić information content (AvgIpc) is 2.74. The molecule has 150 valence electrons.